The number of thiocarbonyl (C=S) groups is 2. The molecule has 0 aliphatic carbocycles. The molecule has 0 bridgehead atoms. The number of nitrogens with zero attached hydrogens (tertiary/aromatic N) is 4. The van der Waals surface area contributed by atoms with Crippen LogP contribution in [0.3, 0.4) is 0 Å². The standard InChI is InChI=1S/2C22H28N2O2S/c2*1-12-8-14(3)18(15(4)9-12)23-20(25)21(26-7)24(22(23)27)19-16(5)10-13(2)11-17(19)6/h2*8-11,20-21,25H,1-7H3/t2*20-,21-/m11/s1. The van der Waals surface area contributed by atoms with Crippen molar-refractivity contribution in [2.45, 2.75) is 108 Å². The minimum absolute atomic E-state index is 0.555. The fraction of sp³-hybridized carbons (Fsp3) is 0.409. The largest absolute Gasteiger partial charge is 0.369 e. The number of rotatable bonds is 6. The molecule has 2 aliphatic heterocycles. The monoisotopic (exact) mass is 768 g/mol. The van der Waals surface area contributed by atoms with Gasteiger partial charge < -0.3 is 19.7 Å². The van der Waals surface area contributed by atoms with E-state index < -0.39 is 24.9 Å². The highest BCUT2D eigenvalue weighted by Crippen LogP contribution is 2.41. The Balaban J connectivity index is 0.000000208. The predicted octanol–water partition coefficient (Wildman–Crippen LogP) is 8.88. The van der Waals surface area contributed by atoms with Crippen LogP contribution in [0.25, 0.3) is 0 Å². The van der Waals surface area contributed by atoms with Crippen LogP contribution in [0.4, 0.5) is 22.7 Å². The number of benzene rings is 4. The summed E-state index contributed by atoms with van der Waals surface area (Å²) in [5, 5.41) is 23.4. The Morgan fingerprint density at radius 3 is 0.759 bits per heavy atom. The summed E-state index contributed by atoms with van der Waals surface area (Å²) in [7, 11) is 3.22. The van der Waals surface area contributed by atoms with Crippen LogP contribution in [0.1, 0.15) is 66.8 Å². The van der Waals surface area contributed by atoms with E-state index in [2.05, 4.69) is 132 Å². The molecule has 4 aromatic carbocycles. The maximum absolute atomic E-state index is 11.1. The molecule has 0 spiro atoms. The first-order valence-corrected chi connectivity index (χ1v) is 19.1. The summed E-state index contributed by atoms with van der Waals surface area (Å²) >= 11 is 11.7. The molecule has 0 aromatic heterocycles. The molecule has 0 unspecified atom stereocenters. The first-order valence-electron chi connectivity index (χ1n) is 18.3. The van der Waals surface area contributed by atoms with Crippen molar-refractivity contribution in [3.63, 3.8) is 0 Å². The highest BCUT2D eigenvalue weighted by atomic mass is 32.1. The minimum Gasteiger partial charge on any atom is -0.369 e. The van der Waals surface area contributed by atoms with Crippen LogP contribution in [0.15, 0.2) is 48.5 Å². The molecule has 2 aliphatic rings. The Kier molecular flexibility index (Phi) is 12.3. The van der Waals surface area contributed by atoms with Gasteiger partial charge in [0.2, 0.25) is 0 Å². The topological polar surface area (TPSA) is 71.9 Å². The summed E-state index contributed by atoms with van der Waals surface area (Å²) in [5.74, 6) is 0. The van der Waals surface area contributed by atoms with Crippen molar-refractivity contribution in [2.75, 3.05) is 33.8 Å². The average Bonchev–Trinajstić information content (AvgIpc) is 3.43. The number of methoxy groups -OCH3 is 2. The van der Waals surface area contributed by atoms with Crippen LogP contribution in [0.2, 0.25) is 0 Å². The lowest BCUT2D eigenvalue weighted by atomic mass is 10.0. The van der Waals surface area contributed by atoms with Gasteiger partial charge in [-0.1, -0.05) is 70.8 Å². The highest BCUT2D eigenvalue weighted by Gasteiger charge is 2.47. The molecule has 2 fully saturated rings. The first-order chi connectivity index (χ1) is 25.3. The van der Waals surface area contributed by atoms with E-state index in [1.807, 2.05) is 19.6 Å². The minimum atomic E-state index is -0.886. The van der Waals surface area contributed by atoms with Gasteiger partial charge in [0.05, 0.1) is 22.7 Å². The summed E-state index contributed by atoms with van der Waals surface area (Å²) in [6.45, 7) is 24.8. The second kappa shape index (κ2) is 16.1. The molecule has 2 heterocycles. The van der Waals surface area contributed by atoms with Gasteiger partial charge in [0.25, 0.3) is 0 Å². The fourth-order valence-corrected chi connectivity index (χ4v) is 9.55. The molecule has 0 saturated carbocycles. The van der Waals surface area contributed by atoms with E-state index in [0.29, 0.717) is 10.2 Å². The van der Waals surface area contributed by atoms with E-state index in [0.717, 1.165) is 67.3 Å². The van der Waals surface area contributed by atoms with Crippen molar-refractivity contribution in [3.05, 3.63) is 115 Å². The van der Waals surface area contributed by atoms with Crippen molar-refractivity contribution in [1.29, 1.82) is 0 Å². The summed E-state index contributed by atoms with van der Waals surface area (Å²) in [6, 6.07) is 17.0. The van der Waals surface area contributed by atoms with Crippen LogP contribution in [-0.4, -0.2) is 59.6 Å². The smallest absolute Gasteiger partial charge is 0.185 e. The zero-order valence-corrected chi connectivity index (χ0v) is 35.9. The molecule has 2 saturated heterocycles. The van der Waals surface area contributed by atoms with E-state index in [4.69, 9.17) is 33.9 Å². The van der Waals surface area contributed by atoms with E-state index in [-0.39, 0.29) is 0 Å². The van der Waals surface area contributed by atoms with Gasteiger partial charge in [-0.3, -0.25) is 19.6 Å². The number of aliphatic hydroxyl groups is 2. The van der Waals surface area contributed by atoms with Gasteiger partial charge >= 0.3 is 0 Å². The van der Waals surface area contributed by atoms with Crippen molar-refractivity contribution in [2.24, 2.45) is 0 Å². The van der Waals surface area contributed by atoms with Gasteiger partial charge in [-0.2, -0.15) is 0 Å². The first kappa shape index (κ1) is 41.3. The molecule has 4 atom stereocenters. The quantitative estimate of drug-likeness (QED) is 0.186. The van der Waals surface area contributed by atoms with Gasteiger partial charge in [0.1, 0.15) is 0 Å². The maximum atomic E-state index is 11.1. The maximum Gasteiger partial charge on any atom is 0.185 e. The molecule has 288 valence electrons. The van der Waals surface area contributed by atoms with Crippen LogP contribution in [0.5, 0.6) is 0 Å². The molecular weight excluding hydrogens is 713 g/mol. The van der Waals surface area contributed by atoms with Gasteiger partial charge in [-0.15, -0.1) is 0 Å². The van der Waals surface area contributed by atoms with Gasteiger partial charge in [0.15, 0.2) is 35.1 Å². The summed E-state index contributed by atoms with van der Waals surface area (Å²) in [4.78, 5) is 7.55. The number of aliphatic hydroxyl groups excluding tert-OH is 2. The lowest BCUT2D eigenvalue weighted by Gasteiger charge is -2.28. The third-order valence-corrected chi connectivity index (χ3v) is 11.1. The van der Waals surface area contributed by atoms with E-state index in [1.54, 1.807) is 14.2 Å². The molecule has 8 nitrogen and oxygen atoms in total. The molecule has 4 aromatic rings. The van der Waals surface area contributed by atoms with Crippen LogP contribution in [-0.2, 0) is 9.47 Å². The van der Waals surface area contributed by atoms with Gasteiger partial charge in [-0.25, -0.2) is 0 Å². The number of hydrogen-bond donors (Lipinski definition) is 2. The van der Waals surface area contributed by atoms with E-state index in [1.165, 1.54) is 22.3 Å². The van der Waals surface area contributed by atoms with E-state index in [9.17, 15) is 10.2 Å². The molecule has 0 amide bonds. The third kappa shape index (κ3) is 7.40. The number of ether oxygens (including phenoxy) is 2. The van der Waals surface area contributed by atoms with Gasteiger partial charge in [-0.05, 0) is 152 Å². The molecular formula is C44H56N4O4S2. The Labute approximate surface area is 332 Å². The average molecular weight is 769 g/mol. The Morgan fingerprint density at radius 1 is 0.389 bits per heavy atom. The van der Waals surface area contributed by atoms with Crippen molar-refractivity contribution < 1.29 is 19.7 Å². The van der Waals surface area contributed by atoms with Crippen molar-refractivity contribution in [3.8, 4) is 0 Å². The normalized spacial score (nSPS) is 19.9. The second-order valence-corrected chi connectivity index (χ2v) is 15.8. The molecule has 2 N–H and O–H groups in total. The zero-order chi connectivity index (χ0) is 40.1. The highest BCUT2D eigenvalue weighted by molar-refractivity contribution is 7.81. The number of hydrogen-bond acceptors (Lipinski definition) is 6. The van der Waals surface area contributed by atoms with Crippen LogP contribution in [0, 0.1) is 83.1 Å². The van der Waals surface area contributed by atoms with Crippen molar-refractivity contribution >= 4 is 57.4 Å². The summed E-state index contributed by atoms with van der Waals surface area (Å²) in [5.41, 5.74) is 17.5. The number of aryl methyl sites for hydroxylation is 12. The van der Waals surface area contributed by atoms with Crippen LogP contribution < -0.4 is 19.6 Å². The van der Waals surface area contributed by atoms with Crippen LogP contribution >= 0.6 is 24.4 Å². The summed E-state index contributed by atoms with van der Waals surface area (Å²) in [6.07, 6.45) is -2.92. The lowest BCUT2D eigenvalue weighted by Crippen LogP contribution is -2.39. The molecule has 54 heavy (non-hydrogen) atoms. The SMILES string of the molecule is CO[C@@H]1[C@@H](O)N(c2c(C)cc(C)cc2C)C(=S)N1c1c(C)cc(C)cc1C.CO[C@@H]1[C@@H](O)N(c2c(C)cc(C)cc2C)C(=S)N1c1c(C)cc(C)cc1C. The Bertz CT molecular complexity index is 1880. The molecule has 6 rings (SSSR count). The zero-order valence-electron chi connectivity index (χ0n) is 34.2. The predicted molar refractivity (Wildman–Crippen MR) is 231 cm³/mol. The van der Waals surface area contributed by atoms with E-state index >= 15 is 0 Å². The summed E-state index contributed by atoms with van der Waals surface area (Å²) < 4.78 is 11.4. The lowest BCUT2D eigenvalue weighted by molar-refractivity contribution is 0.0119. The van der Waals surface area contributed by atoms with Crippen molar-refractivity contribution in [1.82, 2.24) is 0 Å². The van der Waals surface area contributed by atoms with Gasteiger partial charge in [0, 0.05) is 14.2 Å². The molecule has 0 radical (unpaired) electrons. The number of anilines is 4. The Morgan fingerprint density at radius 2 is 0.574 bits per heavy atom. The fourth-order valence-electron chi connectivity index (χ4n) is 8.76. The Hall–Kier alpha value is -3.90. The second-order valence-electron chi connectivity index (χ2n) is 15.1. The molecule has 10 heteroatoms. The third-order valence-electron chi connectivity index (χ3n) is 10.4.